The van der Waals surface area contributed by atoms with Crippen LogP contribution in [0.5, 0.6) is 0 Å². The Morgan fingerprint density at radius 1 is 1.67 bits per heavy atom. The number of hydrogen-bond acceptors (Lipinski definition) is 3. The standard InChI is InChI=1S/C9H16N2S/c1-3-4-9(2,10)5-8-6-11-7-12-8/h6-7H,3-5,10H2,1-2H3. The summed E-state index contributed by atoms with van der Waals surface area (Å²) in [5.74, 6) is 0. The van der Waals surface area contributed by atoms with Gasteiger partial charge in [-0.15, -0.1) is 11.3 Å². The number of nitrogens with zero attached hydrogens (tertiary/aromatic N) is 1. The van der Waals surface area contributed by atoms with Crippen molar-refractivity contribution in [2.75, 3.05) is 0 Å². The van der Waals surface area contributed by atoms with Crippen LogP contribution in [0.4, 0.5) is 0 Å². The van der Waals surface area contributed by atoms with Gasteiger partial charge in [0.15, 0.2) is 0 Å². The summed E-state index contributed by atoms with van der Waals surface area (Å²) in [6, 6.07) is 0. The van der Waals surface area contributed by atoms with Crippen molar-refractivity contribution in [1.82, 2.24) is 4.98 Å². The number of aromatic nitrogens is 1. The Kier molecular flexibility index (Phi) is 3.23. The number of hydrogen-bond donors (Lipinski definition) is 1. The highest BCUT2D eigenvalue weighted by atomic mass is 32.1. The van der Waals surface area contributed by atoms with Crippen molar-refractivity contribution in [3.8, 4) is 0 Å². The Labute approximate surface area is 77.8 Å². The summed E-state index contributed by atoms with van der Waals surface area (Å²) in [5.41, 5.74) is 7.90. The number of thiazole rings is 1. The van der Waals surface area contributed by atoms with Gasteiger partial charge in [0.1, 0.15) is 0 Å². The minimum Gasteiger partial charge on any atom is -0.325 e. The summed E-state index contributed by atoms with van der Waals surface area (Å²) in [4.78, 5) is 5.32. The molecule has 68 valence electrons. The lowest BCUT2D eigenvalue weighted by molar-refractivity contribution is 0.427. The minimum atomic E-state index is -0.0543. The summed E-state index contributed by atoms with van der Waals surface area (Å²) >= 11 is 1.68. The van der Waals surface area contributed by atoms with Gasteiger partial charge in [-0.25, -0.2) is 0 Å². The maximum absolute atomic E-state index is 6.10. The molecule has 0 radical (unpaired) electrons. The van der Waals surface area contributed by atoms with Crippen LogP contribution in [0.25, 0.3) is 0 Å². The van der Waals surface area contributed by atoms with Crippen molar-refractivity contribution < 1.29 is 0 Å². The molecule has 0 saturated heterocycles. The van der Waals surface area contributed by atoms with Crippen LogP contribution in [-0.2, 0) is 6.42 Å². The van der Waals surface area contributed by atoms with E-state index in [0.29, 0.717) is 0 Å². The molecule has 0 fully saturated rings. The first-order valence-corrected chi connectivity index (χ1v) is 5.18. The van der Waals surface area contributed by atoms with Crippen LogP contribution in [0.3, 0.4) is 0 Å². The van der Waals surface area contributed by atoms with Gasteiger partial charge >= 0.3 is 0 Å². The summed E-state index contributed by atoms with van der Waals surface area (Å²) < 4.78 is 0. The predicted molar refractivity (Wildman–Crippen MR) is 53.3 cm³/mol. The second kappa shape index (κ2) is 4.01. The van der Waals surface area contributed by atoms with E-state index in [9.17, 15) is 0 Å². The highest BCUT2D eigenvalue weighted by molar-refractivity contribution is 7.09. The first-order chi connectivity index (χ1) is 5.64. The maximum Gasteiger partial charge on any atom is 0.0794 e. The summed E-state index contributed by atoms with van der Waals surface area (Å²) in [5, 5.41) is 0. The fraction of sp³-hybridized carbons (Fsp3) is 0.667. The van der Waals surface area contributed by atoms with E-state index in [2.05, 4.69) is 18.8 Å². The third-order valence-corrected chi connectivity index (χ3v) is 2.66. The molecule has 1 rings (SSSR count). The molecular formula is C9H16N2S. The molecule has 1 aromatic heterocycles. The van der Waals surface area contributed by atoms with E-state index in [1.807, 2.05) is 11.7 Å². The monoisotopic (exact) mass is 184 g/mol. The number of nitrogens with two attached hydrogens (primary N) is 1. The molecule has 3 heteroatoms. The molecule has 0 aliphatic heterocycles. The van der Waals surface area contributed by atoms with Gasteiger partial charge in [0.05, 0.1) is 5.51 Å². The van der Waals surface area contributed by atoms with Crippen molar-refractivity contribution in [1.29, 1.82) is 0 Å². The molecule has 0 aliphatic carbocycles. The van der Waals surface area contributed by atoms with E-state index in [1.54, 1.807) is 11.3 Å². The molecule has 12 heavy (non-hydrogen) atoms. The zero-order chi connectivity index (χ0) is 9.03. The van der Waals surface area contributed by atoms with Crippen LogP contribution in [0.15, 0.2) is 11.7 Å². The molecular weight excluding hydrogens is 168 g/mol. The molecule has 0 aromatic carbocycles. The topological polar surface area (TPSA) is 38.9 Å². The second-order valence-electron chi connectivity index (χ2n) is 3.55. The molecule has 2 N–H and O–H groups in total. The quantitative estimate of drug-likeness (QED) is 0.779. The highest BCUT2D eigenvalue weighted by Crippen LogP contribution is 2.18. The molecule has 1 heterocycles. The maximum atomic E-state index is 6.10. The first kappa shape index (κ1) is 9.68. The van der Waals surface area contributed by atoms with Crippen molar-refractivity contribution >= 4 is 11.3 Å². The van der Waals surface area contributed by atoms with Gasteiger partial charge in [-0.05, 0) is 13.3 Å². The highest BCUT2D eigenvalue weighted by Gasteiger charge is 2.18. The van der Waals surface area contributed by atoms with Crippen LogP contribution >= 0.6 is 11.3 Å². The zero-order valence-corrected chi connectivity index (χ0v) is 8.53. The summed E-state index contributed by atoms with van der Waals surface area (Å²) in [6.07, 6.45) is 5.08. The van der Waals surface area contributed by atoms with E-state index < -0.39 is 0 Å². The molecule has 1 unspecified atom stereocenters. The molecule has 1 atom stereocenters. The van der Waals surface area contributed by atoms with Gasteiger partial charge in [0.25, 0.3) is 0 Å². The molecule has 0 amide bonds. The van der Waals surface area contributed by atoms with Gasteiger partial charge in [-0.1, -0.05) is 13.3 Å². The Morgan fingerprint density at radius 2 is 2.42 bits per heavy atom. The summed E-state index contributed by atoms with van der Waals surface area (Å²) in [6.45, 7) is 4.27. The van der Waals surface area contributed by atoms with Gasteiger partial charge in [0, 0.05) is 23.0 Å². The third-order valence-electron chi connectivity index (χ3n) is 1.88. The van der Waals surface area contributed by atoms with E-state index in [4.69, 9.17) is 5.73 Å². The van der Waals surface area contributed by atoms with Crippen LogP contribution in [-0.4, -0.2) is 10.5 Å². The molecule has 0 bridgehead atoms. The van der Waals surface area contributed by atoms with Crippen molar-refractivity contribution in [3.05, 3.63) is 16.6 Å². The average molecular weight is 184 g/mol. The van der Waals surface area contributed by atoms with Gasteiger partial charge in [-0.3, -0.25) is 4.98 Å². The van der Waals surface area contributed by atoms with E-state index >= 15 is 0 Å². The Bertz CT molecular complexity index is 216. The van der Waals surface area contributed by atoms with E-state index in [0.717, 1.165) is 19.3 Å². The lowest BCUT2D eigenvalue weighted by Crippen LogP contribution is -2.37. The van der Waals surface area contributed by atoms with E-state index in [-0.39, 0.29) is 5.54 Å². The Hall–Kier alpha value is -0.410. The molecule has 1 aromatic rings. The average Bonchev–Trinajstić information content (AvgIpc) is 2.38. The molecule has 0 spiro atoms. The fourth-order valence-corrected chi connectivity index (χ4v) is 2.18. The zero-order valence-electron chi connectivity index (χ0n) is 7.71. The normalized spacial score (nSPS) is 15.9. The van der Waals surface area contributed by atoms with Crippen molar-refractivity contribution in [2.45, 2.75) is 38.6 Å². The van der Waals surface area contributed by atoms with Crippen LogP contribution in [0.2, 0.25) is 0 Å². The predicted octanol–water partition coefficient (Wildman–Crippen LogP) is 2.20. The number of rotatable bonds is 4. The largest absolute Gasteiger partial charge is 0.325 e. The van der Waals surface area contributed by atoms with E-state index in [1.165, 1.54) is 4.88 Å². The molecule has 0 aliphatic rings. The SMILES string of the molecule is CCCC(C)(N)Cc1cncs1. The van der Waals surface area contributed by atoms with Gasteiger partial charge in [0.2, 0.25) is 0 Å². The van der Waals surface area contributed by atoms with Crippen LogP contribution < -0.4 is 5.73 Å². The fourth-order valence-electron chi connectivity index (χ4n) is 1.39. The third kappa shape index (κ3) is 2.91. The van der Waals surface area contributed by atoms with Crippen LogP contribution in [0.1, 0.15) is 31.6 Å². The van der Waals surface area contributed by atoms with Gasteiger partial charge < -0.3 is 5.73 Å². The van der Waals surface area contributed by atoms with Crippen molar-refractivity contribution in [3.63, 3.8) is 0 Å². The molecule has 0 saturated carbocycles. The smallest absolute Gasteiger partial charge is 0.0794 e. The Balaban J connectivity index is 2.50. The van der Waals surface area contributed by atoms with Gasteiger partial charge in [-0.2, -0.15) is 0 Å². The van der Waals surface area contributed by atoms with Crippen molar-refractivity contribution in [2.24, 2.45) is 5.73 Å². The second-order valence-corrected chi connectivity index (χ2v) is 4.52. The van der Waals surface area contributed by atoms with Crippen LogP contribution in [0, 0.1) is 0 Å². The first-order valence-electron chi connectivity index (χ1n) is 4.30. The molecule has 2 nitrogen and oxygen atoms in total. The lowest BCUT2D eigenvalue weighted by Gasteiger charge is -2.22. The Morgan fingerprint density at radius 3 is 2.92 bits per heavy atom. The lowest BCUT2D eigenvalue weighted by atomic mass is 9.93. The minimum absolute atomic E-state index is 0.0543. The summed E-state index contributed by atoms with van der Waals surface area (Å²) in [7, 11) is 0.